The minimum atomic E-state index is -0.767. The van der Waals surface area contributed by atoms with Crippen LogP contribution in [0.3, 0.4) is 0 Å². The molecule has 0 aromatic rings. The summed E-state index contributed by atoms with van der Waals surface area (Å²) in [6.07, 6.45) is -0.334. The average molecular weight is 287 g/mol. The Hall–Kier alpha value is -2.12. The topological polar surface area (TPSA) is 133 Å². The molecule has 8 heteroatoms. The van der Waals surface area contributed by atoms with Gasteiger partial charge in [-0.15, -0.1) is 0 Å². The molecule has 20 heavy (non-hydrogen) atoms. The maximum absolute atomic E-state index is 11.8. The molecule has 0 spiro atoms. The molecule has 4 N–H and O–H groups in total. The first-order chi connectivity index (χ1) is 9.01. The first-order valence-corrected chi connectivity index (χ1v) is 6.07. The lowest BCUT2D eigenvalue weighted by Gasteiger charge is -2.21. The molecule has 0 aromatic heterocycles. The van der Waals surface area contributed by atoms with E-state index in [0.29, 0.717) is 0 Å². The molecule has 0 heterocycles. The van der Waals surface area contributed by atoms with E-state index in [1.807, 2.05) is 0 Å². The maximum atomic E-state index is 11.8. The third-order valence-electron chi connectivity index (χ3n) is 2.01. The molecule has 0 unspecified atom stereocenters. The van der Waals surface area contributed by atoms with E-state index in [9.17, 15) is 19.2 Å². The quantitative estimate of drug-likeness (QED) is 0.574. The molecule has 0 atom stereocenters. The Morgan fingerprint density at radius 2 is 1.40 bits per heavy atom. The lowest BCUT2D eigenvalue weighted by atomic mass is 10.2. The van der Waals surface area contributed by atoms with Gasteiger partial charge in [-0.05, 0) is 20.8 Å². The minimum absolute atomic E-state index is 0.149. The molecule has 0 saturated heterocycles. The van der Waals surface area contributed by atoms with E-state index in [4.69, 9.17) is 16.2 Å². The summed E-state index contributed by atoms with van der Waals surface area (Å²) in [5.41, 5.74) is 9.30. The largest absolute Gasteiger partial charge is 0.460 e. The van der Waals surface area contributed by atoms with Crippen LogP contribution < -0.4 is 11.5 Å². The maximum Gasteiger partial charge on any atom is 0.306 e. The Kier molecular flexibility index (Phi) is 6.67. The highest BCUT2D eigenvalue weighted by atomic mass is 16.6. The molecule has 0 bridgehead atoms. The minimum Gasteiger partial charge on any atom is -0.460 e. The van der Waals surface area contributed by atoms with Crippen molar-refractivity contribution in [2.24, 2.45) is 11.5 Å². The second-order valence-corrected chi connectivity index (χ2v) is 5.27. The second-order valence-electron chi connectivity index (χ2n) is 5.27. The third-order valence-corrected chi connectivity index (χ3v) is 2.01. The summed E-state index contributed by atoms with van der Waals surface area (Å²) in [4.78, 5) is 45.8. The van der Waals surface area contributed by atoms with Gasteiger partial charge in [-0.3, -0.25) is 19.2 Å². The molecule has 0 radical (unpaired) electrons. The number of hydrogen-bond acceptors (Lipinski definition) is 5. The van der Waals surface area contributed by atoms with E-state index in [2.05, 4.69) is 0 Å². The zero-order valence-corrected chi connectivity index (χ0v) is 12.0. The standard InChI is InChI=1S/C12H21N3O5/c1-12(2,3)20-11(19)5-4-10(18)15(6-8(13)16)7-9(14)17/h4-7H2,1-3H3,(H2,13,16)(H2,14,17). The van der Waals surface area contributed by atoms with Crippen molar-refractivity contribution in [1.82, 2.24) is 4.90 Å². The summed E-state index contributed by atoms with van der Waals surface area (Å²) in [7, 11) is 0. The average Bonchev–Trinajstić information content (AvgIpc) is 2.21. The van der Waals surface area contributed by atoms with Gasteiger partial charge in [-0.25, -0.2) is 0 Å². The lowest BCUT2D eigenvalue weighted by molar-refractivity contribution is -0.156. The van der Waals surface area contributed by atoms with Crippen molar-refractivity contribution < 1.29 is 23.9 Å². The van der Waals surface area contributed by atoms with Gasteiger partial charge in [0.15, 0.2) is 0 Å². The molecule has 0 fully saturated rings. The number of rotatable bonds is 7. The zero-order chi connectivity index (χ0) is 15.9. The van der Waals surface area contributed by atoms with Crippen LogP contribution in [0.4, 0.5) is 0 Å². The number of amides is 3. The van der Waals surface area contributed by atoms with Crippen molar-refractivity contribution >= 4 is 23.7 Å². The summed E-state index contributed by atoms with van der Waals surface area (Å²) in [6, 6.07) is 0. The zero-order valence-electron chi connectivity index (χ0n) is 12.0. The van der Waals surface area contributed by atoms with Crippen molar-refractivity contribution in [2.75, 3.05) is 13.1 Å². The van der Waals surface area contributed by atoms with Crippen LogP contribution in [0.2, 0.25) is 0 Å². The predicted molar refractivity (Wildman–Crippen MR) is 70.0 cm³/mol. The summed E-state index contributed by atoms with van der Waals surface area (Å²) in [5, 5.41) is 0. The van der Waals surface area contributed by atoms with Crippen LogP contribution in [-0.2, 0) is 23.9 Å². The second kappa shape index (κ2) is 7.46. The molecule has 0 aromatic carbocycles. The molecule has 0 saturated carbocycles. The van der Waals surface area contributed by atoms with Crippen molar-refractivity contribution in [2.45, 2.75) is 39.2 Å². The van der Waals surface area contributed by atoms with Gasteiger partial charge in [0.2, 0.25) is 17.7 Å². The van der Waals surface area contributed by atoms with E-state index >= 15 is 0 Å². The van der Waals surface area contributed by atoms with Gasteiger partial charge in [0, 0.05) is 6.42 Å². The Morgan fingerprint density at radius 3 is 1.75 bits per heavy atom. The number of carbonyl (C=O) groups excluding carboxylic acids is 4. The van der Waals surface area contributed by atoms with Gasteiger partial charge in [0.05, 0.1) is 19.5 Å². The fraction of sp³-hybridized carbons (Fsp3) is 0.667. The van der Waals surface area contributed by atoms with Gasteiger partial charge in [0.1, 0.15) is 5.60 Å². The number of hydrogen-bond donors (Lipinski definition) is 2. The van der Waals surface area contributed by atoms with Crippen molar-refractivity contribution in [3.05, 3.63) is 0 Å². The van der Waals surface area contributed by atoms with Crippen LogP contribution in [0.15, 0.2) is 0 Å². The van der Waals surface area contributed by atoms with Crippen LogP contribution >= 0.6 is 0 Å². The lowest BCUT2D eigenvalue weighted by Crippen LogP contribution is -2.43. The Labute approximate surface area is 117 Å². The SMILES string of the molecule is CC(C)(C)OC(=O)CCC(=O)N(CC(N)=O)CC(N)=O. The number of nitrogens with zero attached hydrogens (tertiary/aromatic N) is 1. The van der Waals surface area contributed by atoms with E-state index in [1.165, 1.54) is 0 Å². The summed E-state index contributed by atoms with van der Waals surface area (Å²) in [5.74, 6) is -2.63. The van der Waals surface area contributed by atoms with Gasteiger partial charge in [-0.2, -0.15) is 0 Å². The Bertz CT molecular complexity index is 384. The van der Waals surface area contributed by atoms with E-state index < -0.39 is 42.4 Å². The molecule has 0 rings (SSSR count). The normalized spacial score (nSPS) is 10.8. The van der Waals surface area contributed by atoms with Gasteiger partial charge in [-0.1, -0.05) is 0 Å². The fourth-order valence-electron chi connectivity index (χ4n) is 1.37. The number of nitrogens with two attached hydrogens (primary N) is 2. The van der Waals surface area contributed by atoms with Crippen LogP contribution in [0, 0.1) is 0 Å². The van der Waals surface area contributed by atoms with Gasteiger partial charge in [0.25, 0.3) is 0 Å². The molecular formula is C12H21N3O5. The summed E-state index contributed by atoms with van der Waals surface area (Å²) >= 11 is 0. The van der Waals surface area contributed by atoms with Crippen LogP contribution in [0.5, 0.6) is 0 Å². The molecule has 0 aliphatic carbocycles. The number of esters is 1. The first kappa shape index (κ1) is 17.9. The highest BCUT2D eigenvalue weighted by Gasteiger charge is 2.21. The van der Waals surface area contributed by atoms with Gasteiger partial charge >= 0.3 is 5.97 Å². The van der Waals surface area contributed by atoms with E-state index in [-0.39, 0.29) is 12.8 Å². The van der Waals surface area contributed by atoms with Crippen LogP contribution in [0.25, 0.3) is 0 Å². The summed E-state index contributed by atoms with van der Waals surface area (Å²) < 4.78 is 5.04. The monoisotopic (exact) mass is 287 g/mol. The van der Waals surface area contributed by atoms with Crippen LogP contribution in [-0.4, -0.2) is 47.3 Å². The van der Waals surface area contributed by atoms with E-state index in [1.54, 1.807) is 20.8 Å². The smallest absolute Gasteiger partial charge is 0.306 e. The highest BCUT2D eigenvalue weighted by molar-refractivity contribution is 5.89. The molecule has 3 amide bonds. The third kappa shape index (κ3) is 8.90. The summed E-state index contributed by atoms with van der Waals surface area (Å²) in [6.45, 7) is 4.28. The van der Waals surface area contributed by atoms with Crippen molar-refractivity contribution in [3.8, 4) is 0 Å². The Balaban J connectivity index is 4.42. The molecular weight excluding hydrogens is 266 g/mol. The Morgan fingerprint density at radius 1 is 0.950 bits per heavy atom. The van der Waals surface area contributed by atoms with E-state index in [0.717, 1.165) is 4.90 Å². The predicted octanol–water partition coefficient (Wildman–Crippen LogP) is -1.09. The molecule has 0 aliphatic rings. The fourth-order valence-corrected chi connectivity index (χ4v) is 1.37. The van der Waals surface area contributed by atoms with Crippen LogP contribution in [0.1, 0.15) is 33.6 Å². The molecule has 8 nitrogen and oxygen atoms in total. The molecule has 0 aliphatic heterocycles. The highest BCUT2D eigenvalue weighted by Crippen LogP contribution is 2.09. The molecule has 114 valence electrons. The van der Waals surface area contributed by atoms with Crippen molar-refractivity contribution in [3.63, 3.8) is 0 Å². The van der Waals surface area contributed by atoms with Crippen molar-refractivity contribution in [1.29, 1.82) is 0 Å². The number of carbonyl (C=O) groups is 4. The van der Waals surface area contributed by atoms with Gasteiger partial charge < -0.3 is 21.1 Å². The number of ether oxygens (including phenoxy) is 1. The first-order valence-electron chi connectivity index (χ1n) is 6.07. The number of primary amides is 2.